The maximum atomic E-state index is 14.2. The van der Waals surface area contributed by atoms with Gasteiger partial charge in [0.1, 0.15) is 18.3 Å². The van der Waals surface area contributed by atoms with E-state index in [1.165, 1.54) is 24.1 Å². The van der Waals surface area contributed by atoms with Crippen molar-refractivity contribution in [3.63, 3.8) is 0 Å². The number of sulfonamides is 1. The van der Waals surface area contributed by atoms with Crippen molar-refractivity contribution in [3.05, 3.63) is 88.9 Å². The van der Waals surface area contributed by atoms with Gasteiger partial charge in [-0.1, -0.05) is 60.5 Å². The summed E-state index contributed by atoms with van der Waals surface area (Å²) in [5, 5.41) is 3.39. The number of halogens is 1. The number of methoxy groups -OCH3 is 1. The van der Waals surface area contributed by atoms with Crippen LogP contribution in [0.15, 0.2) is 77.7 Å². The number of rotatable bonds is 11. The van der Waals surface area contributed by atoms with Crippen molar-refractivity contribution in [1.29, 1.82) is 0 Å². The number of anilines is 1. The number of benzene rings is 3. The fourth-order valence-electron chi connectivity index (χ4n) is 4.31. The zero-order chi connectivity index (χ0) is 30.4. The predicted molar refractivity (Wildman–Crippen MR) is 163 cm³/mol. The van der Waals surface area contributed by atoms with Crippen LogP contribution in [0.3, 0.4) is 0 Å². The Morgan fingerprint density at radius 1 is 1.00 bits per heavy atom. The molecule has 0 aliphatic carbocycles. The number of aryl methyl sites for hydroxylation is 1. The second-order valence-corrected chi connectivity index (χ2v) is 13.1. The molecular formula is C31H38ClN3O5S. The van der Waals surface area contributed by atoms with Crippen LogP contribution < -0.4 is 14.4 Å². The van der Waals surface area contributed by atoms with Crippen LogP contribution in [-0.4, -0.2) is 50.4 Å². The van der Waals surface area contributed by atoms with Crippen LogP contribution in [-0.2, 0) is 26.2 Å². The number of hydrogen-bond donors (Lipinski definition) is 1. The Bertz CT molecular complexity index is 1470. The van der Waals surface area contributed by atoms with Crippen LogP contribution in [0.4, 0.5) is 5.69 Å². The predicted octanol–water partition coefficient (Wildman–Crippen LogP) is 5.57. The number of carbonyl (C=O) groups is 2. The molecule has 0 heterocycles. The van der Waals surface area contributed by atoms with E-state index in [9.17, 15) is 18.0 Å². The summed E-state index contributed by atoms with van der Waals surface area (Å²) in [6.07, 6.45) is 0.308. The maximum absolute atomic E-state index is 14.2. The first-order valence-electron chi connectivity index (χ1n) is 13.3. The summed E-state index contributed by atoms with van der Waals surface area (Å²) < 4.78 is 34.4. The minimum Gasteiger partial charge on any atom is -0.497 e. The Labute approximate surface area is 248 Å². The zero-order valence-corrected chi connectivity index (χ0v) is 25.9. The number of carbonyl (C=O) groups excluding carboxylic acids is 2. The average molecular weight is 600 g/mol. The average Bonchev–Trinajstić information content (AvgIpc) is 2.91. The quantitative estimate of drug-likeness (QED) is 0.311. The third-order valence-corrected chi connectivity index (χ3v) is 8.57. The fourth-order valence-corrected chi connectivity index (χ4v) is 5.92. The van der Waals surface area contributed by atoms with Crippen molar-refractivity contribution in [2.24, 2.45) is 0 Å². The Morgan fingerprint density at radius 2 is 1.66 bits per heavy atom. The van der Waals surface area contributed by atoms with Gasteiger partial charge in [-0.05, 0) is 70.0 Å². The molecule has 3 aromatic rings. The van der Waals surface area contributed by atoms with E-state index in [1.54, 1.807) is 60.7 Å². The first-order valence-corrected chi connectivity index (χ1v) is 15.2. The lowest BCUT2D eigenvalue weighted by Gasteiger charge is -2.35. The van der Waals surface area contributed by atoms with Crippen LogP contribution in [0, 0.1) is 6.92 Å². The standard InChI is InChI=1S/C31H38ClN3O5S/c1-7-28(30(37)33-31(3,4)5)34(20-23-11-8-9-14-27(23)32)29(36)21-35(24-12-10-13-25(19-24)40-6)41(38,39)26-17-15-22(2)16-18-26/h8-19,28H,7,20-21H2,1-6H3,(H,33,37)/t28-/m0/s1. The number of ether oxygens (including phenoxy) is 1. The first-order chi connectivity index (χ1) is 19.3. The molecular weight excluding hydrogens is 562 g/mol. The lowest BCUT2D eigenvalue weighted by molar-refractivity contribution is -0.141. The van der Waals surface area contributed by atoms with Crippen molar-refractivity contribution >= 4 is 39.1 Å². The smallest absolute Gasteiger partial charge is 0.264 e. The van der Waals surface area contributed by atoms with Gasteiger partial charge in [-0.3, -0.25) is 13.9 Å². The molecule has 0 aromatic heterocycles. The molecule has 3 aromatic carbocycles. The molecule has 41 heavy (non-hydrogen) atoms. The molecule has 0 fully saturated rings. The molecule has 0 saturated heterocycles. The second kappa shape index (κ2) is 13.4. The molecule has 220 valence electrons. The van der Waals surface area contributed by atoms with Crippen molar-refractivity contribution < 1.29 is 22.7 Å². The molecule has 0 aliphatic heterocycles. The molecule has 0 spiro atoms. The fraction of sp³-hybridized carbons (Fsp3) is 0.355. The molecule has 0 saturated carbocycles. The minimum absolute atomic E-state index is 0.0190. The van der Waals surface area contributed by atoms with Gasteiger partial charge in [0.05, 0.1) is 17.7 Å². The van der Waals surface area contributed by atoms with E-state index >= 15 is 0 Å². The molecule has 2 amide bonds. The van der Waals surface area contributed by atoms with Gasteiger partial charge in [-0.2, -0.15) is 0 Å². The molecule has 10 heteroatoms. The third-order valence-electron chi connectivity index (χ3n) is 6.41. The molecule has 0 aliphatic rings. The summed E-state index contributed by atoms with van der Waals surface area (Å²) in [4.78, 5) is 29.0. The van der Waals surface area contributed by atoms with Crippen molar-refractivity contribution in [2.75, 3.05) is 18.0 Å². The van der Waals surface area contributed by atoms with Gasteiger partial charge in [0.15, 0.2) is 0 Å². The van der Waals surface area contributed by atoms with Gasteiger partial charge in [-0.25, -0.2) is 8.42 Å². The van der Waals surface area contributed by atoms with Crippen LogP contribution >= 0.6 is 11.6 Å². The maximum Gasteiger partial charge on any atom is 0.264 e. The first kappa shape index (κ1) is 32.0. The molecule has 3 rings (SSSR count). The summed E-state index contributed by atoms with van der Waals surface area (Å²) in [7, 11) is -2.70. The van der Waals surface area contributed by atoms with Gasteiger partial charge in [-0.15, -0.1) is 0 Å². The molecule has 8 nitrogen and oxygen atoms in total. The number of amides is 2. The van der Waals surface area contributed by atoms with E-state index in [0.717, 1.165) is 9.87 Å². The highest BCUT2D eigenvalue weighted by atomic mass is 35.5. The molecule has 0 unspecified atom stereocenters. The summed E-state index contributed by atoms with van der Waals surface area (Å²) in [6, 6.07) is 19.1. The Hall–Kier alpha value is -3.56. The Morgan fingerprint density at radius 3 is 2.24 bits per heavy atom. The summed E-state index contributed by atoms with van der Waals surface area (Å²) in [5.74, 6) is -0.461. The monoisotopic (exact) mass is 599 g/mol. The van der Waals surface area contributed by atoms with E-state index in [-0.39, 0.29) is 23.0 Å². The van der Waals surface area contributed by atoms with Crippen LogP contribution in [0.5, 0.6) is 5.75 Å². The van der Waals surface area contributed by atoms with Crippen LogP contribution in [0.25, 0.3) is 0 Å². The van der Waals surface area contributed by atoms with Gasteiger partial charge in [0.25, 0.3) is 10.0 Å². The zero-order valence-electron chi connectivity index (χ0n) is 24.3. The third kappa shape index (κ3) is 8.24. The highest BCUT2D eigenvalue weighted by Gasteiger charge is 2.35. The highest BCUT2D eigenvalue weighted by molar-refractivity contribution is 7.92. The summed E-state index contributed by atoms with van der Waals surface area (Å²) in [6.45, 7) is 8.71. The molecule has 0 radical (unpaired) electrons. The highest BCUT2D eigenvalue weighted by Crippen LogP contribution is 2.28. The van der Waals surface area contributed by atoms with E-state index in [4.69, 9.17) is 16.3 Å². The van der Waals surface area contributed by atoms with E-state index < -0.39 is 34.1 Å². The topological polar surface area (TPSA) is 96.0 Å². The van der Waals surface area contributed by atoms with Crippen molar-refractivity contribution in [2.45, 2.75) is 64.1 Å². The van der Waals surface area contributed by atoms with Gasteiger partial charge in [0.2, 0.25) is 11.8 Å². The van der Waals surface area contributed by atoms with Crippen molar-refractivity contribution in [3.8, 4) is 5.75 Å². The van der Waals surface area contributed by atoms with E-state index in [1.807, 2.05) is 34.6 Å². The van der Waals surface area contributed by atoms with Crippen LogP contribution in [0.2, 0.25) is 5.02 Å². The van der Waals surface area contributed by atoms with Gasteiger partial charge >= 0.3 is 0 Å². The molecule has 0 bridgehead atoms. The molecule has 1 atom stereocenters. The Balaban J connectivity index is 2.10. The lowest BCUT2D eigenvalue weighted by atomic mass is 10.1. The van der Waals surface area contributed by atoms with E-state index in [0.29, 0.717) is 22.8 Å². The largest absolute Gasteiger partial charge is 0.497 e. The minimum atomic E-state index is -4.18. The Kier molecular flexibility index (Phi) is 10.4. The normalized spacial score (nSPS) is 12.4. The number of nitrogens with one attached hydrogen (secondary N) is 1. The SMILES string of the molecule is CC[C@@H](C(=O)NC(C)(C)C)N(Cc1ccccc1Cl)C(=O)CN(c1cccc(OC)c1)S(=O)(=O)c1ccc(C)cc1. The van der Waals surface area contributed by atoms with Gasteiger partial charge < -0.3 is 15.0 Å². The second-order valence-electron chi connectivity index (χ2n) is 10.8. The summed E-state index contributed by atoms with van der Waals surface area (Å²) in [5.41, 5.74) is 1.25. The molecule has 1 N–H and O–H groups in total. The number of nitrogens with zero attached hydrogens (tertiary/aromatic N) is 2. The van der Waals surface area contributed by atoms with E-state index in [2.05, 4.69) is 5.32 Å². The van der Waals surface area contributed by atoms with Crippen molar-refractivity contribution in [1.82, 2.24) is 10.2 Å². The van der Waals surface area contributed by atoms with Gasteiger partial charge in [0, 0.05) is 23.2 Å². The van der Waals surface area contributed by atoms with Crippen LogP contribution in [0.1, 0.15) is 45.2 Å². The number of hydrogen-bond acceptors (Lipinski definition) is 5. The summed E-state index contributed by atoms with van der Waals surface area (Å²) >= 11 is 6.45. The lowest BCUT2D eigenvalue weighted by Crippen LogP contribution is -2.55.